The van der Waals surface area contributed by atoms with Gasteiger partial charge in [0.2, 0.25) is 6.08 Å². The number of alkyl halides is 6. The predicted octanol–water partition coefficient (Wildman–Crippen LogP) is 12.3. The van der Waals surface area contributed by atoms with Crippen molar-refractivity contribution in [2.24, 2.45) is 4.99 Å². The number of isocyanates is 1. The third-order valence-electron chi connectivity index (χ3n) is 9.15. The molecule has 324 valence electrons. The Morgan fingerprint density at radius 1 is 0.651 bits per heavy atom. The quantitative estimate of drug-likeness (QED) is 0.0983. The number of hydrogen-bond donors (Lipinski definition) is 2. The summed E-state index contributed by atoms with van der Waals surface area (Å²) in [7, 11) is 3.37. The van der Waals surface area contributed by atoms with Gasteiger partial charge in [-0.3, -0.25) is 4.90 Å². The minimum atomic E-state index is -4.41. The number of carbonyl (C=O) groups is 1. The Kier molecular flexibility index (Phi) is 14.4. The van der Waals surface area contributed by atoms with Crippen LogP contribution in [0.4, 0.5) is 62.7 Å². The maximum absolute atomic E-state index is 13.0. The van der Waals surface area contributed by atoms with Crippen molar-refractivity contribution in [3.8, 4) is 22.3 Å². The Hall–Kier alpha value is -7.85. The summed E-state index contributed by atoms with van der Waals surface area (Å²) in [5, 5.41) is 14.1. The molecule has 0 aliphatic rings. The highest BCUT2D eigenvalue weighted by Gasteiger charge is 2.31. The average Bonchev–Trinajstić information content (AvgIpc) is 3.89. The van der Waals surface area contributed by atoms with Crippen LogP contribution in [0.1, 0.15) is 18.6 Å². The third kappa shape index (κ3) is 11.5. The van der Waals surface area contributed by atoms with E-state index in [2.05, 4.69) is 25.8 Å². The van der Waals surface area contributed by atoms with Gasteiger partial charge in [-0.05, 0) is 108 Å². The molecule has 0 saturated heterocycles. The van der Waals surface area contributed by atoms with E-state index in [1.54, 1.807) is 60.0 Å². The van der Waals surface area contributed by atoms with Gasteiger partial charge in [0.25, 0.3) is 0 Å². The van der Waals surface area contributed by atoms with Crippen LogP contribution in [0, 0.1) is 11.6 Å². The summed E-state index contributed by atoms with van der Waals surface area (Å²) in [5.74, 6) is -0.752. The van der Waals surface area contributed by atoms with Gasteiger partial charge in [-0.2, -0.15) is 41.5 Å². The number of rotatable bonds is 6. The molecular weight excluding hydrogens is 837 g/mol. The number of nitrogens with one attached hydrogen (secondary N) is 2. The van der Waals surface area contributed by atoms with Crippen molar-refractivity contribution in [2.75, 3.05) is 29.6 Å². The first-order valence-electron chi connectivity index (χ1n) is 18.2. The van der Waals surface area contributed by atoms with E-state index in [9.17, 15) is 44.7 Å². The van der Waals surface area contributed by atoms with Gasteiger partial charge in [-0.25, -0.2) is 27.4 Å². The van der Waals surface area contributed by atoms with E-state index in [4.69, 9.17) is 0 Å². The van der Waals surface area contributed by atoms with Crippen LogP contribution in [0.3, 0.4) is 0 Å². The fourth-order valence-corrected chi connectivity index (χ4v) is 5.86. The molecule has 18 heteroatoms. The van der Waals surface area contributed by atoms with Crippen LogP contribution < -0.4 is 15.5 Å². The zero-order valence-electron chi connectivity index (χ0n) is 32.4. The molecule has 2 N–H and O–H groups in total. The van der Waals surface area contributed by atoms with Crippen LogP contribution in [-0.2, 0) is 17.1 Å². The van der Waals surface area contributed by atoms with Crippen molar-refractivity contribution < 1.29 is 44.7 Å². The van der Waals surface area contributed by atoms with Crippen LogP contribution in [0.15, 0.2) is 151 Å². The summed E-state index contributed by atoms with van der Waals surface area (Å²) < 4.78 is 105. The van der Waals surface area contributed by atoms with Crippen LogP contribution in [-0.4, -0.2) is 45.4 Å². The second kappa shape index (κ2) is 19.7. The van der Waals surface area contributed by atoms with Gasteiger partial charge in [0.05, 0.1) is 40.2 Å². The molecule has 0 unspecified atom stereocenters. The van der Waals surface area contributed by atoms with Gasteiger partial charge < -0.3 is 10.6 Å². The van der Waals surface area contributed by atoms with Gasteiger partial charge in [-0.15, -0.1) is 0 Å². The maximum Gasteiger partial charge on any atom is 0.416 e. The molecule has 0 atom stereocenters. The largest absolute Gasteiger partial charge is 0.416 e. The summed E-state index contributed by atoms with van der Waals surface area (Å²) in [6.07, 6.45) is -0.715. The Morgan fingerprint density at radius 2 is 1.11 bits per heavy atom. The molecular formula is C45H36F8N8O2. The lowest BCUT2D eigenvalue weighted by Crippen LogP contribution is -2.31. The number of amides is 2. The molecule has 4 heterocycles. The van der Waals surface area contributed by atoms with Crippen molar-refractivity contribution in [3.63, 3.8) is 0 Å². The summed E-state index contributed by atoms with van der Waals surface area (Å²) in [5.41, 5.74) is 5.07. The normalized spacial score (nSPS) is 11.0. The molecule has 0 fully saturated rings. The van der Waals surface area contributed by atoms with Crippen molar-refractivity contribution >= 4 is 45.9 Å². The molecule has 0 spiro atoms. The van der Waals surface area contributed by atoms with Gasteiger partial charge in [-0.1, -0.05) is 31.7 Å². The third-order valence-corrected chi connectivity index (χ3v) is 9.15. The minimum Gasteiger partial charge on any atom is -0.388 e. The monoisotopic (exact) mass is 872 g/mol. The van der Waals surface area contributed by atoms with E-state index in [1.807, 2.05) is 12.1 Å². The van der Waals surface area contributed by atoms with E-state index in [0.29, 0.717) is 39.3 Å². The van der Waals surface area contributed by atoms with Gasteiger partial charge >= 0.3 is 18.4 Å². The first kappa shape index (κ1) is 46.2. The smallest absolute Gasteiger partial charge is 0.388 e. The number of aliphatic imine (C=N–C) groups is 1. The molecule has 8 aromatic rings. The van der Waals surface area contributed by atoms with Crippen molar-refractivity contribution in [2.45, 2.75) is 19.8 Å². The second-order valence-corrected chi connectivity index (χ2v) is 13.2. The number of benzene rings is 4. The molecule has 2 amide bonds. The number of urea groups is 1. The summed E-state index contributed by atoms with van der Waals surface area (Å²) in [6.45, 7) is 0. The van der Waals surface area contributed by atoms with Crippen molar-refractivity contribution in [1.29, 1.82) is 0 Å². The number of nitrogens with zero attached hydrogens (tertiary/aromatic N) is 6. The Morgan fingerprint density at radius 3 is 1.57 bits per heavy atom. The molecule has 0 bridgehead atoms. The summed E-state index contributed by atoms with van der Waals surface area (Å²) in [6, 6.07) is 27.3. The minimum absolute atomic E-state index is 0. The van der Waals surface area contributed by atoms with Crippen LogP contribution in [0.25, 0.3) is 33.3 Å². The molecule has 10 nitrogen and oxygen atoms in total. The fourth-order valence-electron chi connectivity index (χ4n) is 5.86. The highest BCUT2D eigenvalue weighted by molar-refractivity contribution is 6.02. The van der Waals surface area contributed by atoms with E-state index < -0.39 is 35.3 Å². The number of anilines is 3. The molecule has 4 aromatic carbocycles. The lowest BCUT2D eigenvalue weighted by Gasteiger charge is -2.18. The second-order valence-electron chi connectivity index (χ2n) is 13.2. The van der Waals surface area contributed by atoms with Crippen molar-refractivity contribution in [3.05, 3.63) is 169 Å². The lowest BCUT2D eigenvalue weighted by atomic mass is 10.0. The van der Waals surface area contributed by atoms with E-state index in [-0.39, 0.29) is 13.2 Å². The molecule has 63 heavy (non-hydrogen) atoms. The Bertz CT molecular complexity index is 2830. The number of aromatic nitrogens is 4. The highest BCUT2D eigenvalue weighted by atomic mass is 19.4. The Balaban J connectivity index is 0.000000201. The SMILES string of the molecule is C.CN(C(=O)Nc1ccc(F)cc1)c1ccn2ncc(-c3ccc(C(F)(F)F)cc3)c2c1.CNc1ccn2ncc(-c3ccc(C(F)(F)F)cc3)c2c1.O=C=Nc1ccc(F)cc1. The predicted molar refractivity (Wildman–Crippen MR) is 226 cm³/mol. The van der Waals surface area contributed by atoms with Gasteiger partial charge in [0.1, 0.15) is 11.6 Å². The molecule has 0 aliphatic heterocycles. The molecule has 0 radical (unpaired) electrons. The number of fused-ring (bicyclic) bond motifs is 2. The standard InChI is InChI=1S/C22H16F4N4O.C15H12F3N3.C7H4FNO.CH4/c1-29(21(31)28-17-8-6-16(23)7-9-17)18-10-11-30-20(12-18)19(13-27-30)14-2-4-15(5-3-14)22(24,25)26;1-19-12-6-7-21-14(8-12)13(9-20-21)10-2-4-11(5-3-10)15(16,17)18;8-6-1-3-7(4-2-6)9-5-10;/h2-13H,1H3,(H,28,31);2-9,19H,1H3;1-4H;1H4. The maximum atomic E-state index is 13.0. The molecule has 4 aromatic heterocycles. The first-order chi connectivity index (χ1) is 29.5. The highest BCUT2D eigenvalue weighted by Crippen LogP contribution is 2.34. The van der Waals surface area contributed by atoms with Crippen LogP contribution >= 0.6 is 0 Å². The molecule has 0 aliphatic carbocycles. The first-order valence-corrected chi connectivity index (χ1v) is 18.2. The summed E-state index contributed by atoms with van der Waals surface area (Å²) >= 11 is 0. The topological polar surface area (TPSA) is 108 Å². The molecule has 0 saturated carbocycles. The lowest BCUT2D eigenvalue weighted by molar-refractivity contribution is -0.138. The number of pyridine rings is 2. The molecule has 8 rings (SSSR count). The number of halogens is 8. The van der Waals surface area contributed by atoms with Crippen LogP contribution in [0.5, 0.6) is 0 Å². The van der Waals surface area contributed by atoms with E-state index in [0.717, 1.165) is 41.0 Å². The van der Waals surface area contributed by atoms with Crippen molar-refractivity contribution in [1.82, 2.24) is 19.2 Å². The zero-order valence-corrected chi connectivity index (χ0v) is 32.4. The average molecular weight is 873 g/mol. The fraction of sp³-hybridized carbons (Fsp3) is 0.111. The van der Waals surface area contributed by atoms with E-state index in [1.165, 1.54) is 83.8 Å². The van der Waals surface area contributed by atoms with Gasteiger partial charge in [0.15, 0.2) is 0 Å². The number of hydrogen-bond acceptors (Lipinski definition) is 6. The summed E-state index contributed by atoms with van der Waals surface area (Å²) in [4.78, 5) is 26.9. The Labute approximate surface area is 354 Å². The number of carbonyl (C=O) groups excluding carboxylic acids is 2. The van der Waals surface area contributed by atoms with Crippen LogP contribution in [0.2, 0.25) is 0 Å². The van der Waals surface area contributed by atoms with Gasteiger partial charge in [0, 0.05) is 54.7 Å². The zero-order chi connectivity index (χ0) is 44.6. The van der Waals surface area contributed by atoms with E-state index >= 15 is 0 Å².